The molecular formula is C17H18ClFN2O2S. The van der Waals surface area contributed by atoms with Crippen molar-refractivity contribution < 1.29 is 12.8 Å². The van der Waals surface area contributed by atoms with Crippen LogP contribution in [-0.2, 0) is 15.8 Å². The highest BCUT2D eigenvalue weighted by Gasteiger charge is 2.27. The second-order valence-electron chi connectivity index (χ2n) is 5.71. The van der Waals surface area contributed by atoms with Crippen molar-refractivity contribution in [1.29, 1.82) is 0 Å². The van der Waals surface area contributed by atoms with Crippen molar-refractivity contribution in [3.05, 3.63) is 64.9 Å². The van der Waals surface area contributed by atoms with Gasteiger partial charge in [0.15, 0.2) is 0 Å². The second-order valence-corrected chi connectivity index (χ2v) is 8.09. The summed E-state index contributed by atoms with van der Waals surface area (Å²) in [6, 6.07) is 13.2. The van der Waals surface area contributed by atoms with Crippen molar-refractivity contribution in [3.63, 3.8) is 0 Å². The van der Waals surface area contributed by atoms with E-state index >= 15 is 0 Å². The molecule has 24 heavy (non-hydrogen) atoms. The normalized spacial score (nSPS) is 16.3. The molecule has 7 heteroatoms. The van der Waals surface area contributed by atoms with E-state index in [-0.39, 0.29) is 11.6 Å². The van der Waals surface area contributed by atoms with Gasteiger partial charge in [0.25, 0.3) is 0 Å². The van der Waals surface area contributed by atoms with Crippen LogP contribution in [0.2, 0.25) is 5.02 Å². The lowest BCUT2D eigenvalue weighted by Crippen LogP contribution is -2.49. The van der Waals surface area contributed by atoms with Crippen LogP contribution in [0, 0.1) is 5.82 Å². The van der Waals surface area contributed by atoms with Gasteiger partial charge in [-0.25, -0.2) is 12.8 Å². The number of benzene rings is 2. The number of halogens is 2. The van der Waals surface area contributed by atoms with E-state index in [4.69, 9.17) is 11.6 Å². The van der Waals surface area contributed by atoms with Gasteiger partial charge in [0.1, 0.15) is 5.82 Å². The Balaban J connectivity index is 1.65. The zero-order valence-electron chi connectivity index (χ0n) is 13.0. The van der Waals surface area contributed by atoms with E-state index in [1.807, 2.05) is 0 Å². The van der Waals surface area contributed by atoms with Crippen LogP contribution in [0.5, 0.6) is 0 Å². The maximum absolute atomic E-state index is 13.0. The first-order chi connectivity index (χ1) is 11.5. The fraction of sp³-hybridized carbons (Fsp3) is 0.294. The first kappa shape index (κ1) is 17.2. The smallest absolute Gasteiger partial charge is 0.218 e. The average Bonchev–Trinajstić information content (AvgIpc) is 2.58. The summed E-state index contributed by atoms with van der Waals surface area (Å²) in [4.78, 5) is 2.06. The summed E-state index contributed by atoms with van der Waals surface area (Å²) in [5.74, 6) is -0.372. The molecule has 1 heterocycles. The van der Waals surface area contributed by atoms with Crippen LogP contribution in [0.15, 0.2) is 48.5 Å². The first-order valence-electron chi connectivity index (χ1n) is 7.67. The summed E-state index contributed by atoms with van der Waals surface area (Å²) >= 11 is 6.06. The van der Waals surface area contributed by atoms with Gasteiger partial charge in [-0.15, -0.1) is 0 Å². The molecule has 0 atom stereocenters. The molecule has 0 unspecified atom stereocenters. The Hall–Kier alpha value is -1.63. The van der Waals surface area contributed by atoms with Gasteiger partial charge in [-0.05, 0) is 35.9 Å². The van der Waals surface area contributed by atoms with E-state index in [0.29, 0.717) is 36.8 Å². The third-order valence-electron chi connectivity index (χ3n) is 4.12. The zero-order valence-corrected chi connectivity index (χ0v) is 14.6. The van der Waals surface area contributed by atoms with E-state index in [1.165, 1.54) is 16.4 Å². The summed E-state index contributed by atoms with van der Waals surface area (Å²) in [6.07, 6.45) is 0. The Morgan fingerprint density at radius 3 is 2.21 bits per heavy atom. The third kappa shape index (κ3) is 3.88. The minimum absolute atomic E-state index is 0.0940. The molecule has 1 saturated heterocycles. The van der Waals surface area contributed by atoms with Crippen molar-refractivity contribution in [2.24, 2.45) is 0 Å². The van der Waals surface area contributed by atoms with Crippen molar-refractivity contribution in [1.82, 2.24) is 4.31 Å². The summed E-state index contributed by atoms with van der Waals surface area (Å²) < 4.78 is 39.7. The Kier molecular flexibility index (Phi) is 5.08. The average molecular weight is 369 g/mol. The fourth-order valence-electron chi connectivity index (χ4n) is 2.78. The molecular weight excluding hydrogens is 351 g/mol. The van der Waals surface area contributed by atoms with E-state index < -0.39 is 10.0 Å². The molecule has 0 amide bonds. The third-order valence-corrected chi connectivity index (χ3v) is 6.32. The SMILES string of the molecule is O=S(=O)(Cc1ccccc1Cl)N1CCN(c2ccc(F)cc2)CC1. The summed E-state index contributed by atoms with van der Waals surface area (Å²) in [7, 11) is -3.41. The maximum Gasteiger partial charge on any atom is 0.218 e. The number of piperazine rings is 1. The van der Waals surface area contributed by atoms with Crippen LogP contribution in [0.1, 0.15) is 5.56 Å². The highest BCUT2D eigenvalue weighted by atomic mass is 35.5. The van der Waals surface area contributed by atoms with Gasteiger partial charge < -0.3 is 4.90 Å². The monoisotopic (exact) mass is 368 g/mol. The van der Waals surface area contributed by atoms with Crippen LogP contribution >= 0.6 is 11.6 Å². The molecule has 0 aliphatic carbocycles. The minimum atomic E-state index is -3.41. The van der Waals surface area contributed by atoms with Gasteiger partial charge in [-0.3, -0.25) is 0 Å². The van der Waals surface area contributed by atoms with E-state index in [2.05, 4.69) is 4.90 Å². The van der Waals surface area contributed by atoms with Gasteiger partial charge in [0, 0.05) is 36.9 Å². The number of hydrogen-bond donors (Lipinski definition) is 0. The van der Waals surface area contributed by atoms with Crippen molar-refractivity contribution in [2.45, 2.75) is 5.75 Å². The molecule has 128 valence electrons. The van der Waals surface area contributed by atoms with Crippen LogP contribution in [0.3, 0.4) is 0 Å². The maximum atomic E-state index is 13.0. The predicted molar refractivity (Wildman–Crippen MR) is 94.3 cm³/mol. The lowest BCUT2D eigenvalue weighted by atomic mass is 10.2. The minimum Gasteiger partial charge on any atom is -0.369 e. The molecule has 2 aromatic carbocycles. The first-order valence-corrected chi connectivity index (χ1v) is 9.66. The van der Waals surface area contributed by atoms with Crippen LogP contribution in [0.25, 0.3) is 0 Å². The molecule has 0 N–H and O–H groups in total. The van der Waals surface area contributed by atoms with Crippen LogP contribution in [-0.4, -0.2) is 38.9 Å². The van der Waals surface area contributed by atoms with Crippen LogP contribution in [0.4, 0.5) is 10.1 Å². The predicted octanol–water partition coefficient (Wildman–Crippen LogP) is 3.13. The van der Waals surface area contributed by atoms with E-state index in [0.717, 1.165) is 5.69 Å². The second kappa shape index (κ2) is 7.09. The zero-order chi connectivity index (χ0) is 17.2. The topological polar surface area (TPSA) is 40.6 Å². The molecule has 0 saturated carbocycles. The quantitative estimate of drug-likeness (QED) is 0.832. The standard InChI is InChI=1S/C17H18ClFN2O2S/c18-17-4-2-1-3-14(17)13-24(22,23)21-11-9-20(10-12-21)16-7-5-15(19)6-8-16/h1-8H,9-13H2. The molecule has 1 aliphatic rings. The lowest BCUT2D eigenvalue weighted by molar-refractivity contribution is 0.384. The Bertz CT molecular complexity index is 804. The van der Waals surface area contributed by atoms with Crippen molar-refractivity contribution >= 4 is 27.3 Å². The number of anilines is 1. The van der Waals surface area contributed by atoms with E-state index in [1.54, 1.807) is 36.4 Å². The van der Waals surface area contributed by atoms with Crippen molar-refractivity contribution in [3.8, 4) is 0 Å². The van der Waals surface area contributed by atoms with E-state index in [9.17, 15) is 12.8 Å². The molecule has 1 fully saturated rings. The fourth-order valence-corrected chi connectivity index (χ4v) is 4.61. The van der Waals surface area contributed by atoms with Crippen molar-refractivity contribution in [2.75, 3.05) is 31.1 Å². The Morgan fingerprint density at radius 1 is 0.958 bits per heavy atom. The Labute approximate surface area is 146 Å². The molecule has 3 rings (SSSR count). The van der Waals surface area contributed by atoms with Gasteiger partial charge in [-0.2, -0.15) is 4.31 Å². The molecule has 2 aromatic rings. The van der Waals surface area contributed by atoms with Gasteiger partial charge in [0.05, 0.1) is 5.75 Å². The number of rotatable bonds is 4. The molecule has 4 nitrogen and oxygen atoms in total. The Morgan fingerprint density at radius 2 is 1.58 bits per heavy atom. The van der Waals surface area contributed by atoms with Gasteiger partial charge in [0.2, 0.25) is 10.0 Å². The molecule has 0 bridgehead atoms. The molecule has 0 spiro atoms. The van der Waals surface area contributed by atoms with Crippen LogP contribution < -0.4 is 4.90 Å². The molecule has 0 radical (unpaired) electrons. The highest BCUT2D eigenvalue weighted by molar-refractivity contribution is 7.88. The van der Waals surface area contributed by atoms with Gasteiger partial charge in [-0.1, -0.05) is 29.8 Å². The number of hydrogen-bond acceptors (Lipinski definition) is 3. The lowest BCUT2D eigenvalue weighted by Gasteiger charge is -2.35. The molecule has 1 aliphatic heterocycles. The molecule has 0 aromatic heterocycles. The number of sulfonamides is 1. The summed E-state index contributed by atoms with van der Waals surface area (Å²) in [5.41, 5.74) is 1.51. The summed E-state index contributed by atoms with van der Waals surface area (Å²) in [6.45, 7) is 1.97. The largest absolute Gasteiger partial charge is 0.369 e. The highest BCUT2D eigenvalue weighted by Crippen LogP contribution is 2.22. The number of nitrogens with zero attached hydrogens (tertiary/aromatic N) is 2. The van der Waals surface area contributed by atoms with Gasteiger partial charge >= 0.3 is 0 Å². The summed E-state index contributed by atoms with van der Waals surface area (Å²) in [5, 5.41) is 0.464.